The molecule has 0 saturated heterocycles. The second kappa shape index (κ2) is 3.23. The standard InChI is InChI=1S/C14H19BrO/c1-9(2)8-14(16)12-5-6-13(14,15)11-4-3-10(12)7-11/h3-4,8,10-12,16H,5-7H2,1-2H3. The fourth-order valence-electron chi connectivity index (χ4n) is 4.15. The smallest absolute Gasteiger partial charge is 0.102 e. The molecule has 3 rings (SSSR count). The molecule has 0 aromatic rings. The maximum absolute atomic E-state index is 11.1. The van der Waals surface area contributed by atoms with E-state index in [1.807, 2.05) is 0 Å². The summed E-state index contributed by atoms with van der Waals surface area (Å²) in [6.07, 6.45) is 10.2. The van der Waals surface area contributed by atoms with Crippen LogP contribution in [0.5, 0.6) is 0 Å². The van der Waals surface area contributed by atoms with Gasteiger partial charge < -0.3 is 5.11 Å². The Kier molecular flexibility index (Phi) is 2.23. The van der Waals surface area contributed by atoms with Gasteiger partial charge in [0.25, 0.3) is 0 Å². The Bertz CT molecular complexity index is 382. The summed E-state index contributed by atoms with van der Waals surface area (Å²) in [4.78, 5) is 0. The van der Waals surface area contributed by atoms with E-state index in [1.54, 1.807) is 0 Å². The maximum atomic E-state index is 11.1. The molecule has 5 unspecified atom stereocenters. The highest BCUT2D eigenvalue weighted by Gasteiger charge is 2.66. The second-order valence-electron chi connectivity index (χ2n) is 5.95. The van der Waals surface area contributed by atoms with Crippen LogP contribution < -0.4 is 0 Å². The van der Waals surface area contributed by atoms with Crippen molar-refractivity contribution >= 4 is 15.9 Å². The number of allylic oxidation sites excluding steroid dienone is 3. The molecular formula is C14H19BrO. The summed E-state index contributed by atoms with van der Waals surface area (Å²) in [6.45, 7) is 4.16. The highest BCUT2D eigenvalue weighted by Crippen LogP contribution is 2.64. The van der Waals surface area contributed by atoms with Crippen molar-refractivity contribution in [2.24, 2.45) is 17.8 Å². The van der Waals surface area contributed by atoms with E-state index < -0.39 is 5.60 Å². The van der Waals surface area contributed by atoms with Gasteiger partial charge in [-0.25, -0.2) is 0 Å². The Morgan fingerprint density at radius 1 is 1.44 bits per heavy atom. The molecule has 0 aromatic heterocycles. The first-order valence-electron chi connectivity index (χ1n) is 6.23. The van der Waals surface area contributed by atoms with Crippen LogP contribution in [0.25, 0.3) is 0 Å². The maximum Gasteiger partial charge on any atom is 0.102 e. The highest BCUT2D eigenvalue weighted by molar-refractivity contribution is 9.10. The lowest BCUT2D eigenvalue weighted by molar-refractivity contribution is -0.0237. The Morgan fingerprint density at radius 3 is 2.88 bits per heavy atom. The summed E-state index contributed by atoms with van der Waals surface area (Å²) in [6, 6.07) is 0. The predicted octanol–water partition coefficient (Wildman–Crippen LogP) is 3.43. The highest BCUT2D eigenvalue weighted by atomic mass is 79.9. The fraction of sp³-hybridized carbons (Fsp3) is 0.714. The zero-order valence-corrected chi connectivity index (χ0v) is 11.5. The van der Waals surface area contributed by atoms with Crippen LogP contribution in [0.4, 0.5) is 0 Å². The third-order valence-corrected chi connectivity index (χ3v) is 6.40. The molecule has 88 valence electrons. The zero-order chi connectivity index (χ0) is 11.6. The van der Waals surface area contributed by atoms with Crippen molar-refractivity contribution < 1.29 is 5.11 Å². The molecule has 0 aromatic carbocycles. The van der Waals surface area contributed by atoms with Crippen molar-refractivity contribution in [3.8, 4) is 0 Å². The van der Waals surface area contributed by atoms with Gasteiger partial charge in [-0.15, -0.1) is 0 Å². The van der Waals surface area contributed by atoms with Crippen molar-refractivity contribution in [3.05, 3.63) is 23.8 Å². The minimum Gasteiger partial charge on any atom is -0.384 e. The molecule has 2 heteroatoms. The van der Waals surface area contributed by atoms with Gasteiger partial charge >= 0.3 is 0 Å². The molecular weight excluding hydrogens is 264 g/mol. The van der Waals surface area contributed by atoms with Crippen molar-refractivity contribution in [1.29, 1.82) is 0 Å². The number of aliphatic hydroxyl groups is 1. The summed E-state index contributed by atoms with van der Waals surface area (Å²) >= 11 is 3.90. The van der Waals surface area contributed by atoms with Gasteiger partial charge in [-0.2, -0.15) is 0 Å². The van der Waals surface area contributed by atoms with Gasteiger partial charge in [0.05, 0.1) is 4.32 Å². The average molecular weight is 283 g/mol. The zero-order valence-electron chi connectivity index (χ0n) is 9.91. The SMILES string of the molecule is CC(C)=CC1(O)C2CCC1(Br)C1C=CC2C1. The minimum atomic E-state index is -0.636. The molecule has 0 heterocycles. The van der Waals surface area contributed by atoms with Crippen LogP contribution in [0.15, 0.2) is 23.8 Å². The molecule has 1 N–H and O–H groups in total. The summed E-state index contributed by atoms with van der Waals surface area (Å²) in [5.41, 5.74) is 0.586. The molecule has 0 aliphatic heterocycles. The van der Waals surface area contributed by atoms with Gasteiger partial charge in [0.15, 0.2) is 0 Å². The van der Waals surface area contributed by atoms with E-state index >= 15 is 0 Å². The van der Waals surface area contributed by atoms with Crippen LogP contribution in [0.2, 0.25) is 0 Å². The molecule has 16 heavy (non-hydrogen) atoms. The van der Waals surface area contributed by atoms with Crippen LogP contribution >= 0.6 is 15.9 Å². The number of fused-ring (bicyclic) bond motifs is 6. The van der Waals surface area contributed by atoms with Crippen molar-refractivity contribution in [2.75, 3.05) is 0 Å². The van der Waals surface area contributed by atoms with Crippen LogP contribution in [-0.4, -0.2) is 15.0 Å². The van der Waals surface area contributed by atoms with Gasteiger partial charge in [0, 0.05) is 0 Å². The lowest BCUT2D eigenvalue weighted by Crippen LogP contribution is -2.56. The minimum absolute atomic E-state index is 0.106. The van der Waals surface area contributed by atoms with E-state index in [1.165, 1.54) is 12.0 Å². The van der Waals surface area contributed by atoms with Crippen LogP contribution in [0, 0.1) is 17.8 Å². The number of hydrogen-bond acceptors (Lipinski definition) is 1. The van der Waals surface area contributed by atoms with Gasteiger partial charge in [0.1, 0.15) is 5.60 Å². The number of rotatable bonds is 1. The molecule has 2 fully saturated rings. The molecule has 1 nitrogen and oxygen atoms in total. The van der Waals surface area contributed by atoms with Crippen LogP contribution in [0.1, 0.15) is 33.1 Å². The number of alkyl halides is 1. The van der Waals surface area contributed by atoms with Crippen molar-refractivity contribution in [2.45, 2.75) is 43.0 Å². The molecule has 3 aliphatic rings. The topological polar surface area (TPSA) is 20.2 Å². The van der Waals surface area contributed by atoms with Crippen molar-refractivity contribution in [3.63, 3.8) is 0 Å². The molecule has 5 atom stereocenters. The summed E-state index contributed by atoms with van der Waals surface area (Å²) in [5, 5.41) is 11.1. The van der Waals surface area contributed by atoms with E-state index in [9.17, 15) is 5.11 Å². The molecule has 4 bridgehead atoms. The average Bonchev–Trinajstić information content (AvgIpc) is 2.65. The van der Waals surface area contributed by atoms with Crippen LogP contribution in [-0.2, 0) is 0 Å². The quantitative estimate of drug-likeness (QED) is 0.577. The molecule has 0 spiro atoms. The molecule has 3 aliphatic carbocycles. The van der Waals surface area contributed by atoms with Crippen LogP contribution in [0.3, 0.4) is 0 Å². The van der Waals surface area contributed by atoms with E-state index in [-0.39, 0.29) is 4.32 Å². The monoisotopic (exact) mass is 282 g/mol. The first-order valence-corrected chi connectivity index (χ1v) is 7.02. The lowest BCUT2D eigenvalue weighted by atomic mass is 9.67. The molecule has 0 amide bonds. The number of hydrogen-bond donors (Lipinski definition) is 1. The summed E-state index contributed by atoms with van der Waals surface area (Å²) in [5.74, 6) is 1.52. The Labute approximate surface area is 106 Å². The number of halogens is 1. The van der Waals surface area contributed by atoms with E-state index in [4.69, 9.17) is 0 Å². The Hall–Kier alpha value is -0.0800. The summed E-state index contributed by atoms with van der Waals surface area (Å²) < 4.78 is -0.106. The van der Waals surface area contributed by atoms with E-state index in [0.29, 0.717) is 17.8 Å². The predicted molar refractivity (Wildman–Crippen MR) is 69.5 cm³/mol. The van der Waals surface area contributed by atoms with Gasteiger partial charge in [-0.3, -0.25) is 0 Å². The Morgan fingerprint density at radius 2 is 2.19 bits per heavy atom. The van der Waals surface area contributed by atoms with Gasteiger partial charge in [-0.05, 0) is 50.9 Å². The van der Waals surface area contributed by atoms with E-state index in [2.05, 4.69) is 48.0 Å². The largest absolute Gasteiger partial charge is 0.384 e. The lowest BCUT2D eigenvalue weighted by Gasteiger charge is -2.48. The third-order valence-electron chi connectivity index (χ3n) is 4.78. The van der Waals surface area contributed by atoms with E-state index in [0.717, 1.165) is 12.8 Å². The molecule has 0 radical (unpaired) electrons. The first-order chi connectivity index (χ1) is 7.47. The molecule has 2 saturated carbocycles. The Balaban J connectivity index is 2.12. The van der Waals surface area contributed by atoms with Crippen molar-refractivity contribution in [1.82, 2.24) is 0 Å². The third kappa shape index (κ3) is 1.15. The van der Waals surface area contributed by atoms with Gasteiger partial charge in [0.2, 0.25) is 0 Å². The summed E-state index contributed by atoms with van der Waals surface area (Å²) in [7, 11) is 0. The first kappa shape index (κ1) is 11.0. The van der Waals surface area contributed by atoms with Gasteiger partial charge in [-0.1, -0.05) is 39.7 Å². The second-order valence-corrected chi connectivity index (χ2v) is 7.36. The normalized spacial score (nSPS) is 53.1. The fourth-order valence-corrected chi connectivity index (χ4v) is 5.13.